The standard InChI is InChI=1S/C22H22N2O6/c1-14(25)16-6-8-18(9-7-16)23-20(27)10-11-22(29)30-13-21(28)24-19-5-3-4-17(12-19)15(2)26/h3-9,12H,10-11,13H2,1-2H3,(H,23,27)(H,24,28). The van der Waals surface area contributed by atoms with Gasteiger partial charge in [-0.25, -0.2) is 0 Å². The number of rotatable bonds is 9. The highest BCUT2D eigenvalue weighted by atomic mass is 16.5. The first kappa shape index (κ1) is 22.5. The molecule has 2 aromatic rings. The zero-order valence-corrected chi connectivity index (χ0v) is 16.7. The lowest BCUT2D eigenvalue weighted by Crippen LogP contribution is -2.22. The molecule has 2 rings (SSSR count). The van der Waals surface area contributed by atoms with Crippen molar-refractivity contribution in [1.82, 2.24) is 0 Å². The average molecular weight is 410 g/mol. The molecule has 0 aliphatic carbocycles. The van der Waals surface area contributed by atoms with Crippen LogP contribution in [0.5, 0.6) is 0 Å². The van der Waals surface area contributed by atoms with Crippen LogP contribution < -0.4 is 10.6 Å². The third-order valence-corrected chi connectivity index (χ3v) is 4.05. The van der Waals surface area contributed by atoms with Gasteiger partial charge in [-0.05, 0) is 50.2 Å². The van der Waals surface area contributed by atoms with E-state index in [4.69, 9.17) is 4.74 Å². The highest BCUT2D eigenvalue weighted by molar-refractivity contribution is 5.98. The molecule has 0 saturated carbocycles. The van der Waals surface area contributed by atoms with Crippen LogP contribution in [0, 0.1) is 0 Å². The van der Waals surface area contributed by atoms with Crippen LogP contribution in [0.2, 0.25) is 0 Å². The number of amides is 2. The van der Waals surface area contributed by atoms with Crippen LogP contribution in [0.1, 0.15) is 47.4 Å². The number of Topliss-reactive ketones (excluding diaryl/α,β-unsaturated/α-hetero) is 2. The molecule has 2 amide bonds. The third-order valence-electron chi connectivity index (χ3n) is 4.05. The zero-order chi connectivity index (χ0) is 22.1. The van der Waals surface area contributed by atoms with E-state index >= 15 is 0 Å². The van der Waals surface area contributed by atoms with Crippen molar-refractivity contribution in [2.75, 3.05) is 17.2 Å². The van der Waals surface area contributed by atoms with E-state index in [1.807, 2.05) is 0 Å². The Bertz CT molecular complexity index is 966. The molecule has 0 atom stereocenters. The molecule has 8 nitrogen and oxygen atoms in total. The number of ether oxygens (including phenoxy) is 1. The second-order valence-electron chi connectivity index (χ2n) is 6.53. The first-order valence-electron chi connectivity index (χ1n) is 9.22. The highest BCUT2D eigenvalue weighted by Gasteiger charge is 2.12. The lowest BCUT2D eigenvalue weighted by Gasteiger charge is -2.08. The first-order chi connectivity index (χ1) is 14.2. The monoisotopic (exact) mass is 410 g/mol. The summed E-state index contributed by atoms with van der Waals surface area (Å²) in [6.45, 7) is 2.36. The van der Waals surface area contributed by atoms with Crippen molar-refractivity contribution in [1.29, 1.82) is 0 Å². The van der Waals surface area contributed by atoms with Crippen LogP contribution in [0.3, 0.4) is 0 Å². The van der Waals surface area contributed by atoms with E-state index in [1.165, 1.54) is 19.9 Å². The summed E-state index contributed by atoms with van der Waals surface area (Å²) in [6, 6.07) is 12.8. The van der Waals surface area contributed by atoms with Gasteiger partial charge in [-0.2, -0.15) is 0 Å². The van der Waals surface area contributed by atoms with Crippen molar-refractivity contribution >= 4 is 40.7 Å². The summed E-state index contributed by atoms with van der Waals surface area (Å²) >= 11 is 0. The fourth-order valence-corrected chi connectivity index (χ4v) is 2.46. The molecule has 0 aromatic heterocycles. The molecule has 0 aliphatic heterocycles. The largest absolute Gasteiger partial charge is 0.456 e. The molecule has 0 bridgehead atoms. The van der Waals surface area contributed by atoms with E-state index in [1.54, 1.807) is 42.5 Å². The van der Waals surface area contributed by atoms with Crippen molar-refractivity contribution in [2.45, 2.75) is 26.7 Å². The minimum atomic E-state index is -0.690. The second-order valence-corrected chi connectivity index (χ2v) is 6.53. The van der Waals surface area contributed by atoms with Gasteiger partial charge in [-0.1, -0.05) is 12.1 Å². The van der Waals surface area contributed by atoms with Gasteiger partial charge in [-0.15, -0.1) is 0 Å². The molecule has 0 fully saturated rings. The molecule has 0 heterocycles. The fraction of sp³-hybridized carbons (Fsp3) is 0.227. The molecule has 0 radical (unpaired) electrons. The Hall–Kier alpha value is -3.81. The van der Waals surface area contributed by atoms with Gasteiger partial charge in [0.2, 0.25) is 5.91 Å². The lowest BCUT2D eigenvalue weighted by molar-refractivity contribution is -0.147. The van der Waals surface area contributed by atoms with Gasteiger partial charge in [0.15, 0.2) is 18.2 Å². The van der Waals surface area contributed by atoms with Gasteiger partial charge in [0.1, 0.15) is 0 Å². The van der Waals surface area contributed by atoms with Crippen molar-refractivity contribution < 1.29 is 28.7 Å². The number of anilines is 2. The quantitative estimate of drug-likeness (QED) is 0.485. The Morgan fingerprint density at radius 1 is 0.733 bits per heavy atom. The van der Waals surface area contributed by atoms with Crippen molar-refractivity contribution in [3.63, 3.8) is 0 Å². The summed E-state index contributed by atoms with van der Waals surface area (Å²) in [5, 5.41) is 5.14. The Morgan fingerprint density at radius 2 is 1.37 bits per heavy atom. The van der Waals surface area contributed by atoms with E-state index in [0.717, 1.165) is 0 Å². The number of ketones is 2. The van der Waals surface area contributed by atoms with Gasteiger partial charge < -0.3 is 15.4 Å². The van der Waals surface area contributed by atoms with E-state index in [0.29, 0.717) is 22.5 Å². The molecule has 156 valence electrons. The molecule has 8 heteroatoms. The SMILES string of the molecule is CC(=O)c1ccc(NC(=O)CCC(=O)OCC(=O)Nc2cccc(C(C)=O)c2)cc1. The molecular weight excluding hydrogens is 388 g/mol. The molecule has 0 unspecified atom stereocenters. The molecule has 2 N–H and O–H groups in total. The summed E-state index contributed by atoms with van der Waals surface area (Å²) < 4.78 is 4.86. The van der Waals surface area contributed by atoms with Gasteiger partial charge in [0, 0.05) is 28.9 Å². The van der Waals surface area contributed by atoms with Crippen LogP contribution in [-0.2, 0) is 19.1 Å². The van der Waals surface area contributed by atoms with Gasteiger partial charge in [0.05, 0.1) is 6.42 Å². The number of hydrogen-bond donors (Lipinski definition) is 2. The Kier molecular flexibility index (Phi) is 7.99. The Morgan fingerprint density at radius 3 is 2.00 bits per heavy atom. The minimum absolute atomic E-state index is 0.0776. The van der Waals surface area contributed by atoms with Crippen molar-refractivity contribution in [3.05, 3.63) is 59.7 Å². The molecule has 0 aliphatic rings. The Labute approximate surface area is 173 Å². The maximum absolute atomic E-state index is 11.9. The number of benzene rings is 2. The van der Waals surface area contributed by atoms with Crippen LogP contribution >= 0.6 is 0 Å². The number of hydrogen-bond acceptors (Lipinski definition) is 6. The summed E-state index contributed by atoms with van der Waals surface area (Å²) in [7, 11) is 0. The smallest absolute Gasteiger partial charge is 0.306 e. The predicted molar refractivity (Wildman–Crippen MR) is 110 cm³/mol. The summed E-state index contributed by atoms with van der Waals surface area (Å²) in [5.74, 6) is -1.85. The minimum Gasteiger partial charge on any atom is -0.456 e. The predicted octanol–water partition coefficient (Wildman–Crippen LogP) is 2.99. The van der Waals surface area contributed by atoms with Crippen molar-refractivity contribution in [3.8, 4) is 0 Å². The zero-order valence-electron chi connectivity index (χ0n) is 16.7. The molecule has 2 aromatic carbocycles. The molecular formula is C22H22N2O6. The van der Waals surface area contributed by atoms with Crippen LogP contribution in [0.25, 0.3) is 0 Å². The summed E-state index contributed by atoms with van der Waals surface area (Å²) in [4.78, 5) is 58.1. The van der Waals surface area contributed by atoms with E-state index in [-0.39, 0.29) is 24.4 Å². The average Bonchev–Trinajstić information content (AvgIpc) is 2.71. The number of esters is 1. The highest BCUT2D eigenvalue weighted by Crippen LogP contribution is 2.12. The lowest BCUT2D eigenvalue weighted by atomic mass is 10.1. The van der Waals surface area contributed by atoms with Crippen LogP contribution in [0.15, 0.2) is 48.5 Å². The first-order valence-corrected chi connectivity index (χ1v) is 9.22. The number of carbonyl (C=O) groups is 5. The fourth-order valence-electron chi connectivity index (χ4n) is 2.46. The van der Waals surface area contributed by atoms with Crippen molar-refractivity contribution in [2.24, 2.45) is 0 Å². The van der Waals surface area contributed by atoms with Crippen LogP contribution in [-0.4, -0.2) is 36.0 Å². The van der Waals surface area contributed by atoms with E-state index in [2.05, 4.69) is 10.6 Å². The van der Waals surface area contributed by atoms with Crippen LogP contribution in [0.4, 0.5) is 11.4 Å². The summed E-state index contributed by atoms with van der Waals surface area (Å²) in [5.41, 5.74) is 1.90. The van der Waals surface area contributed by atoms with E-state index < -0.39 is 24.4 Å². The van der Waals surface area contributed by atoms with Gasteiger partial charge in [-0.3, -0.25) is 24.0 Å². The van der Waals surface area contributed by atoms with Gasteiger partial charge >= 0.3 is 5.97 Å². The maximum Gasteiger partial charge on any atom is 0.306 e. The Balaban J connectivity index is 1.71. The molecule has 30 heavy (non-hydrogen) atoms. The van der Waals surface area contributed by atoms with Gasteiger partial charge in [0.25, 0.3) is 5.91 Å². The normalized spacial score (nSPS) is 10.1. The third kappa shape index (κ3) is 7.31. The molecule has 0 saturated heterocycles. The number of carbonyl (C=O) groups excluding carboxylic acids is 5. The second kappa shape index (κ2) is 10.7. The topological polar surface area (TPSA) is 119 Å². The number of nitrogens with one attached hydrogen (secondary N) is 2. The maximum atomic E-state index is 11.9. The van der Waals surface area contributed by atoms with E-state index in [9.17, 15) is 24.0 Å². The summed E-state index contributed by atoms with van der Waals surface area (Å²) in [6.07, 6.45) is -0.306. The molecule has 0 spiro atoms.